The van der Waals surface area contributed by atoms with E-state index in [0.717, 1.165) is 9.86 Å². The van der Waals surface area contributed by atoms with Crippen molar-refractivity contribution >= 4 is 38.4 Å². The minimum atomic E-state index is -2.67. The van der Waals surface area contributed by atoms with Crippen LogP contribution >= 0.6 is 15.9 Å². The molecule has 1 amide bonds. The minimum Gasteiger partial charge on any atom is -0.322 e. The van der Waals surface area contributed by atoms with Gasteiger partial charge in [0.05, 0.1) is 11.2 Å². The van der Waals surface area contributed by atoms with Crippen LogP contribution in [0, 0.1) is 6.92 Å². The normalized spacial score (nSPS) is 12.6. The summed E-state index contributed by atoms with van der Waals surface area (Å²) >= 11 is 3.45. The van der Waals surface area contributed by atoms with E-state index in [1.54, 1.807) is 32.2 Å². The van der Waals surface area contributed by atoms with Crippen LogP contribution in [0.4, 0.5) is 14.5 Å². The number of carbonyl (C=O) groups is 1. The molecule has 130 valence electrons. The van der Waals surface area contributed by atoms with Crippen LogP contribution in [0.25, 0.3) is 10.9 Å². The molecule has 0 saturated carbocycles. The minimum absolute atomic E-state index is 0.340. The van der Waals surface area contributed by atoms with Crippen molar-refractivity contribution in [3.8, 4) is 0 Å². The lowest BCUT2D eigenvalue weighted by atomic mass is 10.2. The fraction of sp³-hybridized carbons (Fsp3) is 0.235. The largest absolute Gasteiger partial charge is 0.322 e. The van der Waals surface area contributed by atoms with Crippen molar-refractivity contribution in [3.63, 3.8) is 0 Å². The van der Waals surface area contributed by atoms with Crippen LogP contribution in [0.3, 0.4) is 0 Å². The van der Waals surface area contributed by atoms with Crippen molar-refractivity contribution < 1.29 is 13.6 Å². The molecule has 0 aliphatic rings. The fourth-order valence-electron chi connectivity index (χ4n) is 2.60. The highest BCUT2D eigenvalue weighted by atomic mass is 79.9. The Morgan fingerprint density at radius 3 is 2.76 bits per heavy atom. The molecule has 0 radical (unpaired) electrons. The molecule has 1 aromatic carbocycles. The molecule has 1 N–H and O–H groups in total. The molecule has 8 heteroatoms. The van der Waals surface area contributed by atoms with Gasteiger partial charge >= 0.3 is 0 Å². The summed E-state index contributed by atoms with van der Waals surface area (Å²) in [5.74, 6) is -0.360. The number of aryl methyl sites for hydroxylation is 1. The zero-order chi connectivity index (χ0) is 18.1. The van der Waals surface area contributed by atoms with E-state index >= 15 is 0 Å². The SMILES string of the molecule is Cc1cc(C(F)F)nn1C(C)C(=O)Nc1ccc(Br)c2cccnc12. The second-order valence-electron chi connectivity index (χ2n) is 5.62. The molecule has 3 aromatic rings. The number of benzene rings is 1. The van der Waals surface area contributed by atoms with Gasteiger partial charge in [0, 0.05) is 21.7 Å². The number of fused-ring (bicyclic) bond motifs is 1. The predicted octanol–water partition coefficient (Wildman–Crippen LogP) is 4.64. The monoisotopic (exact) mass is 408 g/mol. The van der Waals surface area contributed by atoms with Gasteiger partial charge in [-0.05, 0) is 38.1 Å². The fourth-order valence-corrected chi connectivity index (χ4v) is 3.05. The second-order valence-corrected chi connectivity index (χ2v) is 6.47. The molecule has 0 spiro atoms. The molecule has 0 aliphatic carbocycles. The summed E-state index contributed by atoms with van der Waals surface area (Å²) in [7, 11) is 0. The summed E-state index contributed by atoms with van der Waals surface area (Å²) in [5.41, 5.74) is 1.35. The van der Waals surface area contributed by atoms with E-state index in [-0.39, 0.29) is 11.6 Å². The van der Waals surface area contributed by atoms with Crippen LogP contribution in [-0.2, 0) is 4.79 Å². The van der Waals surface area contributed by atoms with Crippen LogP contribution in [0.5, 0.6) is 0 Å². The number of nitrogens with zero attached hydrogens (tertiary/aromatic N) is 3. The van der Waals surface area contributed by atoms with Crippen molar-refractivity contribution in [1.82, 2.24) is 14.8 Å². The number of pyridine rings is 1. The van der Waals surface area contributed by atoms with Gasteiger partial charge in [0.2, 0.25) is 5.91 Å². The van der Waals surface area contributed by atoms with Crippen molar-refractivity contribution in [2.24, 2.45) is 0 Å². The van der Waals surface area contributed by atoms with Crippen LogP contribution < -0.4 is 5.32 Å². The van der Waals surface area contributed by atoms with Gasteiger partial charge in [0.15, 0.2) is 0 Å². The molecule has 1 unspecified atom stereocenters. The van der Waals surface area contributed by atoms with Gasteiger partial charge in [-0.3, -0.25) is 14.5 Å². The lowest BCUT2D eigenvalue weighted by Crippen LogP contribution is -2.25. The molecule has 0 fully saturated rings. The maximum atomic E-state index is 12.8. The smallest absolute Gasteiger partial charge is 0.282 e. The Balaban J connectivity index is 1.89. The first-order valence-electron chi connectivity index (χ1n) is 7.56. The number of alkyl halides is 2. The van der Waals surface area contributed by atoms with Crippen LogP contribution in [-0.4, -0.2) is 20.7 Å². The number of anilines is 1. The first-order chi connectivity index (χ1) is 11.9. The third kappa shape index (κ3) is 3.39. The van der Waals surface area contributed by atoms with Gasteiger partial charge in [0.25, 0.3) is 6.43 Å². The highest BCUT2D eigenvalue weighted by molar-refractivity contribution is 9.10. The molecule has 5 nitrogen and oxygen atoms in total. The molecular formula is C17H15BrF2N4O. The van der Waals surface area contributed by atoms with E-state index in [2.05, 4.69) is 31.3 Å². The number of carbonyl (C=O) groups excluding carboxylic acids is 1. The highest BCUT2D eigenvalue weighted by Gasteiger charge is 2.22. The summed E-state index contributed by atoms with van der Waals surface area (Å²) < 4.78 is 27.8. The van der Waals surface area contributed by atoms with Gasteiger partial charge in [-0.25, -0.2) is 8.78 Å². The van der Waals surface area contributed by atoms with Gasteiger partial charge in [-0.2, -0.15) is 5.10 Å². The molecule has 1 atom stereocenters. The average molecular weight is 409 g/mol. The molecule has 3 rings (SSSR count). The van der Waals surface area contributed by atoms with Crippen molar-refractivity contribution in [2.75, 3.05) is 5.32 Å². The van der Waals surface area contributed by atoms with Gasteiger partial charge < -0.3 is 5.32 Å². The molecule has 0 saturated heterocycles. The Hall–Kier alpha value is -2.35. The Morgan fingerprint density at radius 2 is 2.08 bits per heavy atom. The van der Waals surface area contributed by atoms with Gasteiger partial charge in [-0.15, -0.1) is 0 Å². The molecular weight excluding hydrogens is 394 g/mol. The summed E-state index contributed by atoms with van der Waals surface area (Å²) in [6.45, 7) is 3.25. The van der Waals surface area contributed by atoms with Crippen LogP contribution in [0.1, 0.15) is 30.8 Å². The van der Waals surface area contributed by atoms with Crippen molar-refractivity contribution in [2.45, 2.75) is 26.3 Å². The number of halogens is 3. The number of aromatic nitrogens is 3. The molecule has 2 heterocycles. The zero-order valence-electron chi connectivity index (χ0n) is 13.5. The number of nitrogens with one attached hydrogen (secondary N) is 1. The van der Waals surface area contributed by atoms with E-state index in [0.29, 0.717) is 16.9 Å². The van der Waals surface area contributed by atoms with E-state index in [1.807, 2.05) is 12.1 Å². The molecule has 0 bridgehead atoms. The predicted molar refractivity (Wildman–Crippen MR) is 94.7 cm³/mol. The van der Waals surface area contributed by atoms with Gasteiger partial charge in [-0.1, -0.05) is 22.0 Å². The van der Waals surface area contributed by atoms with Crippen LogP contribution in [0.15, 0.2) is 41.0 Å². The molecule has 0 aliphatic heterocycles. The maximum absolute atomic E-state index is 12.8. The van der Waals surface area contributed by atoms with Gasteiger partial charge in [0.1, 0.15) is 11.7 Å². The number of hydrogen-bond donors (Lipinski definition) is 1. The van der Waals surface area contributed by atoms with Crippen molar-refractivity contribution in [3.05, 3.63) is 52.4 Å². The summed E-state index contributed by atoms with van der Waals surface area (Å²) in [5, 5.41) is 7.50. The lowest BCUT2D eigenvalue weighted by Gasteiger charge is -2.15. The first-order valence-corrected chi connectivity index (χ1v) is 8.36. The Labute approximate surface area is 151 Å². The third-order valence-electron chi connectivity index (χ3n) is 3.89. The summed E-state index contributed by atoms with van der Waals surface area (Å²) in [6, 6.07) is 7.79. The van der Waals surface area contributed by atoms with E-state index in [1.165, 1.54) is 10.7 Å². The lowest BCUT2D eigenvalue weighted by molar-refractivity contribution is -0.119. The quantitative estimate of drug-likeness (QED) is 0.683. The highest BCUT2D eigenvalue weighted by Crippen LogP contribution is 2.29. The Bertz CT molecular complexity index is 942. The summed E-state index contributed by atoms with van der Waals surface area (Å²) in [6.07, 6.45) is -1.03. The van der Waals surface area contributed by atoms with E-state index in [4.69, 9.17) is 0 Å². The number of amides is 1. The standard InChI is InChI=1S/C17H15BrF2N4O/c1-9-8-14(16(19)20)23-24(9)10(2)17(25)22-13-6-5-12(18)11-4-3-7-21-15(11)13/h3-8,10,16H,1-2H3,(H,22,25). The molecule has 2 aromatic heterocycles. The van der Waals surface area contributed by atoms with Crippen molar-refractivity contribution in [1.29, 1.82) is 0 Å². The maximum Gasteiger partial charge on any atom is 0.282 e. The third-order valence-corrected chi connectivity index (χ3v) is 4.58. The zero-order valence-corrected chi connectivity index (χ0v) is 15.1. The van der Waals surface area contributed by atoms with E-state index < -0.39 is 12.5 Å². The summed E-state index contributed by atoms with van der Waals surface area (Å²) in [4.78, 5) is 16.9. The Morgan fingerprint density at radius 1 is 1.32 bits per heavy atom. The topological polar surface area (TPSA) is 59.8 Å². The van der Waals surface area contributed by atoms with E-state index in [9.17, 15) is 13.6 Å². The number of hydrogen-bond acceptors (Lipinski definition) is 3. The second kappa shape index (κ2) is 6.87. The average Bonchev–Trinajstić information content (AvgIpc) is 2.99. The molecule has 25 heavy (non-hydrogen) atoms. The number of rotatable bonds is 4. The first kappa shape index (κ1) is 17.5. The Kier molecular flexibility index (Phi) is 4.80. The van der Waals surface area contributed by atoms with Crippen LogP contribution in [0.2, 0.25) is 0 Å².